The highest BCUT2D eigenvalue weighted by Gasteiger charge is 2.08. The van der Waals surface area contributed by atoms with Gasteiger partial charge in [-0.3, -0.25) is 0 Å². The molecular formula is C13H16Cl2N4O. The fraction of sp³-hybridized carbons (Fsp3) is 0.385. The molecule has 108 valence electrons. The molecule has 0 bridgehead atoms. The van der Waals surface area contributed by atoms with E-state index in [0.717, 1.165) is 17.9 Å². The van der Waals surface area contributed by atoms with Crippen LogP contribution in [0.5, 0.6) is 0 Å². The Kier molecular flexibility index (Phi) is 5.79. The van der Waals surface area contributed by atoms with E-state index >= 15 is 0 Å². The predicted octanol–water partition coefficient (Wildman–Crippen LogP) is 2.37. The zero-order valence-corrected chi connectivity index (χ0v) is 12.7. The third kappa shape index (κ3) is 4.18. The Balaban J connectivity index is 2.02. The SMILES string of the molecule is COCCNCc1ncnn1Cc1cc(Cl)ccc1Cl. The van der Waals surface area contributed by atoms with E-state index in [1.807, 2.05) is 6.07 Å². The number of nitrogens with zero attached hydrogens (tertiary/aromatic N) is 3. The van der Waals surface area contributed by atoms with Crippen LogP contribution in [-0.2, 0) is 17.8 Å². The van der Waals surface area contributed by atoms with Gasteiger partial charge >= 0.3 is 0 Å². The first-order chi connectivity index (χ1) is 9.70. The van der Waals surface area contributed by atoms with E-state index in [0.29, 0.717) is 29.7 Å². The number of benzene rings is 1. The topological polar surface area (TPSA) is 52.0 Å². The first-order valence-corrected chi connectivity index (χ1v) is 6.96. The standard InChI is InChI=1S/C13H16Cl2N4O/c1-20-5-4-16-7-13-17-9-18-19(13)8-10-6-11(14)2-3-12(10)15/h2-3,6,9,16H,4-5,7-8H2,1H3. The Morgan fingerprint density at radius 2 is 2.20 bits per heavy atom. The van der Waals surface area contributed by atoms with Gasteiger partial charge in [0, 0.05) is 23.7 Å². The number of nitrogens with one attached hydrogen (secondary N) is 1. The molecule has 0 unspecified atom stereocenters. The molecule has 1 aromatic carbocycles. The molecule has 1 heterocycles. The molecule has 0 aliphatic rings. The van der Waals surface area contributed by atoms with Crippen LogP contribution in [0.1, 0.15) is 11.4 Å². The fourth-order valence-electron chi connectivity index (χ4n) is 1.76. The summed E-state index contributed by atoms with van der Waals surface area (Å²) in [6.45, 7) is 2.60. The second-order valence-corrected chi connectivity index (χ2v) is 5.08. The Labute approximate surface area is 127 Å². The van der Waals surface area contributed by atoms with Gasteiger partial charge in [-0.05, 0) is 23.8 Å². The minimum Gasteiger partial charge on any atom is -0.383 e. The van der Waals surface area contributed by atoms with Crippen LogP contribution in [0.15, 0.2) is 24.5 Å². The highest BCUT2D eigenvalue weighted by molar-refractivity contribution is 6.33. The lowest BCUT2D eigenvalue weighted by atomic mass is 10.2. The van der Waals surface area contributed by atoms with E-state index in [-0.39, 0.29) is 0 Å². The van der Waals surface area contributed by atoms with Crippen molar-refractivity contribution in [2.24, 2.45) is 0 Å². The Bertz CT molecular complexity index is 559. The van der Waals surface area contributed by atoms with E-state index in [1.165, 1.54) is 6.33 Å². The van der Waals surface area contributed by atoms with Crippen molar-refractivity contribution in [1.29, 1.82) is 0 Å². The number of methoxy groups -OCH3 is 1. The highest BCUT2D eigenvalue weighted by atomic mass is 35.5. The smallest absolute Gasteiger partial charge is 0.141 e. The van der Waals surface area contributed by atoms with Crippen LogP contribution < -0.4 is 5.32 Å². The van der Waals surface area contributed by atoms with Crippen molar-refractivity contribution in [3.05, 3.63) is 46.0 Å². The van der Waals surface area contributed by atoms with Crippen molar-refractivity contribution < 1.29 is 4.74 Å². The van der Waals surface area contributed by atoms with E-state index in [9.17, 15) is 0 Å². The summed E-state index contributed by atoms with van der Waals surface area (Å²) < 4.78 is 6.78. The lowest BCUT2D eigenvalue weighted by Gasteiger charge is -2.09. The molecule has 1 N–H and O–H groups in total. The zero-order chi connectivity index (χ0) is 14.4. The minimum absolute atomic E-state index is 0.542. The number of ether oxygens (including phenoxy) is 1. The Hall–Kier alpha value is -1.14. The largest absolute Gasteiger partial charge is 0.383 e. The number of hydrogen-bond acceptors (Lipinski definition) is 4. The van der Waals surface area contributed by atoms with Crippen LogP contribution in [0.25, 0.3) is 0 Å². The molecule has 0 saturated carbocycles. The average Bonchev–Trinajstić information content (AvgIpc) is 2.86. The first-order valence-electron chi connectivity index (χ1n) is 6.21. The molecule has 0 spiro atoms. The van der Waals surface area contributed by atoms with Crippen molar-refractivity contribution in [3.8, 4) is 0 Å². The maximum absolute atomic E-state index is 6.16. The van der Waals surface area contributed by atoms with Crippen molar-refractivity contribution in [2.75, 3.05) is 20.3 Å². The van der Waals surface area contributed by atoms with Gasteiger partial charge in [0.2, 0.25) is 0 Å². The van der Waals surface area contributed by atoms with Crippen molar-refractivity contribution in [3.63, 3.8) is 0 Å². The van der Waals surface area contributed by atoms with Crippen LogP contribution in [0, 0.1) is 0 Å². The van der Waals surface area contributed by atoms with Gasteiger partial charge in [0.05, 0.1) is 19.7 Å². The fourth-order valence-corrected chi connectivity index (χ4v) is 2.13. The lowest BCUT2D eigenvalue weighted by Crippen LogP contribution is -2.21. The molecule has 7 heteroatoms. The molecule has 0 aliphatic carbocycles. The molecule has 0 saturated heterocycles. The summed E-state index contributed by atoms with van der Waals surface area (Å²) >= 11 is 12.1. The number of halogens is 2. The van der Waals surface area contributed by atoms with Gasteiger partial charge in [0.25, 0.3) is 0 Å². The molecule has 2 rings (SSSR count). The summed E-state index contributed by atoms with van der Waals surface area (Å²) in [5, 5.41) is 8.77. The number of aromatic nitrogens is 3. The van der Waals surface area contributed by atoms with Crippen LogP contribution in [-0.4, -0.2) is 35.0 Å². The van der Waals surface area contributed by atoms with Gasteiger partial charge in [-0.1, -0.05) is 23.2 Å². The monoisotopic (exact) mass is 314 g/mol. The van der Waals surface area contributed by atoms with E-state index in [2.05, 4.69) is 15.4 Å². The molecule has 0 atom stereocenters. The van der Waals surface area contributed by atoms with E-state index in [4.69, 9.17) is 27.9 Å². The normalized spacial score (nSPS) is 10.9. The van der Waals surface area contributed by atoms with Crippen LogP contribution in [0.4, 0.5) is 0 Å². The van der Waals surface area contributed by atoms with Gasteiger partial charge < -0.3 is 10.1 Å². The summed E-state index contributed by atoms with van der Waals surface area (Å²) in [5.74, 6) is 0.845. The minimum atomic E-state index is 0.542. The second kappa shape index (κ2) is 7.59. The molecule has 2 aromatic rings. The number of rotatable bonds is 7. The highest BCUT2D eigenvalue weighted by Crippen LogP contribution is 2.21. The summed E-state index contributed by atoms with van der Waals surface area (Å²) in [6.07, 6.45) is 1.53. The third-order valence-electron chi connectivity index (χ3n) is 2.79. The summed E-state index contributed by atoms with van der Waals surface area (Å²) in [7, 11) is 1.67. The van der Waals surface area contributed by atoms with Gasteiger partial charge in [-0.2, -0.15) is 5.10 Å². The quantitative estimate of drug-likeness (QED) is 0.797. The molecule has 0 aliphatic heterocycles. The maximum Gasteiger partial charge on any atom is 0.141 e. The predicted molar refractivity (Wildman–Crippen MR) is 79.2 cm³/mol. The van der Waals surface area contributed by atoms with Gasteiger partial charge in [-0.15, -0.1) is 0 Å². The van der Waals surface area contributed by atoms with Crippen LogP contribution in [0.3, 0.4) is 0 Å². The first kappa shape index (κ1) is 15.3. The zero-order valence-electron chi connectivity index (χ0n) is 11.1. The molecule has 5 nitrogen and oxygen atoms in total. The summed E-state index contributed by atoms with van der Waals surface area (Å²) in [5.41, 5.74) is 0.919. The molecule has 0 fully saturated rings. The maximum atomic E-state index is 6.16. The number of hydrogen-bond donors (Lipinski definition) is 1. The third-order valence-corrected chi connectivity index (χ3v) is 3.39. The molecule has 1 aromatic heterocycles. The van der Waals surface area contributed by atoms with Gasteiger partial charge in [0.15, 0.2) is 0 Å². The van der Waals surface area contributed by atoms with Crippen LogP contribution in [0.2, 0.25) is 10.0 Å². The van der Waals surface area contributed by atoms with Crippen molar-refractivity contribution in [2.45, 2.75) is 13.1 Å². The average molecular weight is 315 g/mol. The Morgan fingerprint density at radius 3 is 3.00 bits per heavy atom. The molecule has 0 radical (unpaired) electrons. The summed E-state index contributed by atoms with van der Waals surface area (Å²) in [4.78, 5) is 4.23. The molecule has 0 amide bonds. The van der Waals surface area contributed by atoms with E-state index in [1.54, 1.807) is 23.9 Å². The van der Waals surface area contributed by atoms with Gasteiger partial charge in [0.1, 0.15) is 12.2 Å². The molecule has 20 heavy (non-hydrogen) atoms. The Morgan fingerprint density at radius 1 is 1.35 bits per heavy atom. The molecular weight excluding hydrogens is 299 g/mol. The van der Waals surface area contributed by atoms with E-state index < -0.39 is 0 Å². The van der Waals surface area contributed by atoms with Crippen molar-refractivity contribution >= 4 is 23.2 Å². The summed E-state index contributed by atoms with van der Waals surface area (Å²) in [6, 6.07) is 5.39. The van der Waals surface area contributed by atoms with Crippen LogP contribution >= 0.6 is 23.2 Å². The lowest BCUT2D eigenvalue weighted by molar-refractivity contribution is 0.198. The second-order valence-electron chi connectivity index (χ2n) is 4.24. The van der Waals surface area contributed by atoms with Gasteiger partial charge in [-0.25, -0.2) is 9.67 Å². The van der Waals surface area contributed by atoms with Crippen molar-refractivity contribution in [1.82, 2.24) is 20.1 Å².